The Bertz CT molecular complexity index is 335. The smallest absolute Gasteiger partial charge is 0.418 e. The number of hydrogen-bond donors (Lipinski definition) is 1. The number of methoxy groups -OCH3 is 1. The summed E-state index contributed by atoms with van der Waals surface area (Å²) in [6.45, 7) is 6.52. The Hall–Kier alpha value is -1.79. The lowest BCUT2D eigenvalue weighted by atomic mass is 10.2. The predicted molar refractivity (Wildman–Crippen MR) is 64.0 cm³/mol. The van der Waals surface area contributed by atoms with Gasteiger partial charge in [-0.2, -0.15) is 0 Å². The SMILES string of the molecule is COC(=O)[C@H](C)NC(=O)N(C)C(=O)OC(C)(C)C. The van der Waals surface area contributed by atoms with Crippen LogP contribution in [-0.2, 0) is 14.3 Å². The van der Waals surface area contributed by atoms with E-state index in [-0.39, 0.29) is 0 Å². The number of esters is 1. The van der Waals surface area contributed by atoms with E-state index in [1.165, 1.54) is 21.1 Å². The zero-order valence-corrected chi connectivity index (χ0v) is 11.6. The third-order valence-electron chi connectivity index (χ3n) is 1.87. The number of nitrogens with one attached hydrogen (secondary N) is 1. The maximum atomic E-state index is 11.6. The van der Waals surface area contributed by atoms with E-state index >= 15 is 0 Å². The van der Waals surface area contributed by atoms with E-state index in [4.69, 9.17) is 4.74 Å². The van der Waals surface area contributed by atoms with E-state index in [0.717, 1.165) is 4.90 Å². The molecule has 104 valence electrons. The van der Waals surface area contributed by atoms with Crippen LogP contribution in [0.3, 0.4) is 0 Å². The largest absolute Gasteiger partial charge is 0.467 e. The second kappa shape index (κ2) is 6.23. The van der Waals surface area contributed by atoms with Gasteiger partial charge < -0.3 is 14.8 Å². The van der Waals surface area contributed by atoms with E-state index < -0.39 is 29.7 Å². The van der Waals surface area contributed by atoms with Crippen LogP contribution in [0.15, 0.2) is 0 Å². The molecule has 0 heterocycles. The standard InChI is InChI=1S/C11H20N2O5/c1-7(8(14)17-6)12-9(15)13(5)10(16)18-11(2,3)4/h7H,1-6H3,(H,12,15)/t7-/m0/s1. The highest BCUT2D eigenvalue weighted by molar-refractivity contribution is 5.92. The minimum atomic E-state index is -0.840. The van der Waals surface area contributed by atoms with Crippen molar-refractivity contribution >= 4 is 18.1 Å². The summed E-state index contributed by atoms with van der Waals surface area (Å²) in [4.78, 5) is 35.0. The Morgan fingerprint density at radius 3 is 2.11 bits per heavy atom. The number of hydrogen-bond acceptors (Lipinski definition) is 5. The van der Waals surface area contributed by atoms with Gasteiger partial charge in [-0.15, -0.1) is 0 Å². The second-order valence-electron chi connectivity index (χ2n) is 4.73. The minimum absolute atomic E-state index is 0.596. The molecule has 0 aromatic heterocycles. The molecule has 0 aliphatic carbocycles. The molecule has 3 amide bonds. The fourth-order valence-corrected chi connectivity index (χ4v) is 0.931. The normalized spacial score (nSPS) is 12.3. The van der Waals surface area contributed by atoms with Crippen molar-refractivity contribution in [3.05, 3.63) is 0 Å². The van der Waals surface area contributed by atoms with Crippen LogP contribution in [0.4, 0.5) is 9.59 Å². The third kappa shape index (κ3) is 5.51. The van der Waals surface area contributed by atoms with Crippen molar-refractivity contribution in [3.63, 3.8) is 0 Å². The first-order valence-corrected chi connectivity index (χ1v) is 5.43. The number of carbonyl (C=O) groups is 3. The number of urea groups is 1. The van der Waals surface area contributed by atoms with Gasteiger partial charge in [0.1, 0.15) is 11.6 Å². The van der Waals surface area contributed by atoms with Crippen molar-refractivity contribution in [3.8, 4) is 0 Å². The predicted octanol–water partition coefficient (Wildman–Crippen LogP) is 1.12. The number of nitrogens with zero attached hydrogens (tertiary/aromatic N) is 1. The average Bonchev–Trinajstić information content (AvgIpc) is 2.24. The van der Waals surface area contributed by atoms with Crippen LogP contribution >= 0.6 is 0 Å². The van der Waals surface area contributed by atoms with E-state index in [1.807, 2.05) is 0 Å². The van der Waals surface area contributed by atoms with E-state index in [1.54, 1.807) is 20.8 Å². The van der Waals surface area contributed by atoms with E-state index in [9.17, 15) is 14.4 Å². The molecule has 0 aliphatic heterocycles. The van der Waals surface area contributed by atoms with Crippen molar-refractivity contribution < 1.29 is 23.9 Å². The molecule has 0 aromatic rings. The first-order chi connectivity index (χ1) is 8.08. The molecular formula is C11H20N2O5. The molecular weight excluding hydrogens is 240 g/mol. The van der Waals surface area contributed by atoms with Crippen molar-refractivity contribution in [1.82, 2.24) is 10.2 Å². The molecule has 18 heavy (non-hydrogen) atoms. The van der Waals surface area contributed by atoms with Crippen LogP contribution in [0.1, 0.15) is 27.7 Å². The highest BCUT2D eigenvalue weighted by Crippen LogP contribution is 2.09. The van der Waals surface area contributed by atoms with Crippen LogP contribution < -0.4 is 5.32 Å². The molecule has 0 rings (SSSR count). The molecule has 0 fully saturated rings. The van der Waals surface area contributed by atoms with Gasteiger partial charge in [-0.25, -0.2) is 19.3 Å². The summed E-state index contributed by atoms with van der Waals surface area (Å²) < 4.78 is 9.44. The fourth-order valence-electron chi connectivity index (χ4n) is 0.931. The van der Waals surface area contributed by atoms with Crippen molar-refractivity contribution in [2.75, 3.05) is 14.2 Å². The van der Waals surface area contributed by atoms with Crippen LogP contribution in [0.5, 0.6) is 0 Å². The van der Waals surface area contributed by atoms with E-state index in [2.05, 4.69) is 10.1 Å². The Balaban J connectivity index is 4.43. The summed E-state index contributed by atoms with van der Waals surface area (Å²) in [5.74, 6) is -0.596. The first kappa shape index (κ1) is 16.2. The van der Waals surface area contributed by atoms with Gasteiger partial charge in [-0.3, -0.25) is 0 Å². The molecule has 0 aromatic carbocycles. The maximum absolute atomic E-state index is 11.6. The third-order valence-corrected chi connectivity index (χ3v) is 1.87. The lowest BCUT2D eigenvalue weighted by molar-refractivity contribution is -0.142. The molecule has 0 saturated carbocycles. The fraction of sp³-hybridized carbons (Fsp3) is 0.727. The molecule has 1 atom stereocenters. The highest BCUT2D eigenvalue weighted by Gasteiger charge is 2.26. The lowest BCUT2D eigenvalue weighted by Crippen LogP contribution is -2.48. The number of amides is 3. The van der Waals surface area contributed by atoms with Crippen molar-refractivity contribution in [2.24, 2.45) is 0 Å². The lowest BCUT2D eigenvalue weighted by Gasteiger charge is -2.24. The molecule has 0 radical (unpaired) electrons. The molecule has 0 unspecified atom stereocenters. The van der Waals surface area contributed by atoms with Gasteiger partial charge in [-0.1, -0.05) is 0 Å². The molecule has 0 aliphatic rings. The van der Waals surface area contributed by atoms with Gasteiger partial charge in [-0.05, 0) is 27.7 Å². The molecule has 7 heteroatoms. The Kier molecular flexibility index (Phi) is 5.61. The van der Waals surface area contributed by atoms with Crippen molar-refractivity contribution in [2.45, 2.75) is 39.3 Å². The van der Waals surface area contributed by atoms with Crippen LogP contribution in [-0.4, -0.2) is 48.8 Å². The average molecular weight is 260 g/mol. The second-order valence-corrected chi connectivity index (χ2v) is 4.73. The molecule has 0 spiro atoms. The van der Waals surface area contributed by atoms with Crippen LogP contribution in [0.25, 0.3) is 0 Å². The molecule has 0 bridgehead atoms. The van der Waals surface area contributed by atoms with Gasteiger partial charge >= 0.3 is 18.1 Å². The Morgan fingerprint density at radius 1 is 1.22 bits per heavy atom. The first-order valence-electron chi connectivity index (χ1n) is 5.43. The Morgan fingerprint density at radius 2 is 1.72 bits per heavy atom. The summed E-state index contributed by atoms with van der Waals surface area (Å²) >= 11 is 0. The zero-order chi connectivity index (χ0) is 14.5. The summed E-state index contributed by atoms with van der Waals surface area (Å²) in [5, 5.41) is 2.31. The van der Waals surface area contributed by atoms with Gasteiger partial charge in [0.25, 0.3) is 0 Å². The van der Waals surface area contributed by atoms with Crippen molar-refractivity contribution in [1.29, 1.82) is 0 Å². The summed E-state index contributed by atoms with van der Waals surface area (Å²) in [7, 11) is 2.47. The van der Waals surface area contributed by atoms with Gasteiger partial charge in [0.05, 0.1) is 7.11 Å². The molecule has 7 nitrogen and oxygen atoms in total. The molecule has 0 saturated heterocycles. The van der Waals surface area contributed by atoms with Crippen LogP contribution in [0, 0.1) is 0 Å². The summed E-state index contributed by atoms with van der Waals surface area (Å²) in [6.07, 6.45) is -0.794. The monoisotopic (exact) mass is 260 g/mol. The number of ether oxygens (including phenoxy) is 2. The summed E-state index contributed by atoms with van der Waals surface area (Å²) in [6, 6.07) is -1.57. The minimum Gasteiger partial charge on any atom is -0.467 e. The topological polar surface area (TPSA) is 84.9 Å². The number of imide groups is 1. The molecule has 1 N–H and O–H groups in total. The highest BCUT2D eigenvalue weighted by atomic mass is 16.6. The number of rotatable bonds is 2. The quantitative estimate of drug-likeness (QED) is 0.752. The van der Waals surface area contributed by atoms with E-state index in [0.29, 0.717) is 0 Å². The maximum Gasteiger partial charge on any atom is 0.418 e. The summed E-state index contributed by atoms with van der Waals surface area (Å²) in [5.41, 5.74) is -0.695. The zero-order valence-electron chi connectivity index (χ0n) is 11.6. The van der Waals surface area contributed by atoms with Gasteiger partial charge in [0.15, 0.2) is 0 Å². The number of carbonyl (C=O) groups excluding carboxylic acids is 3. The van der Waals surface area contributed by atoms with Crippen LogP contribution in [0.2, 0.25) is 0 Å². The van der Waals surface area contributed by atoms with Gasteiger partial charge in [0.2, 0.25) is 0 Å². The Labute approximate surface area is 106 Å². The van der Waals surface area contributed by atoms with Gasteiger partial charge in [0, 0.05) is 7.05 Å².